The van der Waals surface area contributed by atoms with Gasteiger partial charge < -0.3 is 20.6 Å². The number of fused-ring (bicyclic) bond motifs is 3. The summed E-state index contributed by atoms with van der Waals surface area (Å²) in [6.45, 7) is 1.89. The molecule has 2 atom stereocenters. The number of aromatic nitrogens is 1. The summed E-state index contributed by atoms with van der Waals surface area (Å²) in [7, 11) is 1.81. The number of anilines is 1. The molecule has 7 nitrogen and oxygen atoms in total. The Morgan fingerprint density at radius 2 is 2.17 bits per heavy atom. The molecule has 2 aliphatic heterocycles. The van der Waals surface area contributed by atoms with E-state index in [0.29, 0.717) is 25.1 Å². The van der Waals surface area contributed by atoms with Crippen molar-refractivity contribution in [3.8, 4) is 11.1 Å². The minimum Gasteiger partial charge on any atom is -0.396 e. The van der Waals surface area contributed by atoms with Crippen LogP contribution >= 0.6 is 0 Å². The van der Waals surface area contributed by atoms with Gasteiger partial charge in [0.05, 0.1) is 11.0 Å². The number of nitrogens with zero attached hydrogens (tertiary/aromatic N) is 3. The molecule has 2 amide bonds. The van der Waals surface area contributed by atoms with E-state index in [9.17, 15) is 14.7 Å². The minimum absolute atomic E-state index is 0.00109. The first-order valence-electron chi connectivity index (χ1n) is 10.5. The van der Waals surface area contributed by atoms with Crippen molar-refractivity contribution in [1.29, 1.82) is 0 Å². The lowest BCUT2D eigenvalue weighted by molar-refractivity contribution is -0.136. The van der Waals surface area contributed by atoms with Crippen LogP contribution in [-0.2, 0) is 11.2 Å². The molecule has 1 aromatic heterocycles. The Morgan fingerprint density at radius 1 is 1.37 bits per heavy atom. The summed E-state index contributed by atoms with van der Waals surface area (Å²) in [4.78, 5) is 33.8. The third-order valence-corrected chi connectivity index (χ3v) is 7.18. The van der Waals surface area contributed by atoms with Crippen molar-refractivity contribution in [3.63, 3.8) is 0 Å². The van der Waals surface area contributed by atoms with Gasteiger partial charge >= 0.3 is 0 Å². The Balaban J connectivity index is 1.62. The summed E-state index contributed by atoms with van der Waals surface area (Å²) in [5.74, 6) is 0.360. The molecule has 3 heterocycles. The van der Waals surface area contributed by atoms with Crippen molar-refractivity contribution in [3.05, 3.63) is 47.2 Å². The van der Waals surface area contributed by atoms with E-state index in [0.717, 1.165) is 47.5 Å². The summed E-state index contributed by atoms with van der Waals surface area (Å²) >= 11 is 0. The molecule has 3 aliphatic rings. The second kappa shape index (κ2) is 6.80. The number of nitrogens with two attached hydrogens (primary N) is 1. The van der Waals surface area contributed by atoms with Gasteiger partial charge in [-0.25, -0.2) is 4.98 Å². The van der Waals surface area contributed by atoms with Crippen LogP contribution in [0.1, 0.15) is 34.3 Å². The number of pyridine rings is 1. The van der Waals surface area contributed by atoms with Gasteiger partial charge in [-0.2, -0.15) is 0 Å². The Hall–Kier alpha value is -2.93. The fourth-order valence-corrected chi connectivity index (χ4v) is 5.71. The highest BCUT2D eigenvalue weighted by Gasteiger charge is 2.54. The van der Waals surface area contributed by atoms with E-state index in [4.69, 9.17) is 5.73 Å². The van der Waals surface area contributed by atoms with E-state index in [-0.39, 0.29) is 18.4 Å². The molecule has 2 fully saturated rings. The van der Waals surface area contributed by atoms with Crippen molar-refractivity contribution < 1.29 is 14.7 Å². The van der Waals surface area contributed by atoms with Gasteiger partial charge in [-0.05, 0) is 36.0 Å². The number of benzene rings is 1. The van der Waals surface area contributed by atoms with Crippen LogP contribution in [0, 0.1) is 11.3 Å². The van der Waals surface area contributed by atoms with Crippen molar-refractivity contribution >= 4 is 17.6 Å². The van der Waals surface area contributed by atoms with E-state index < -0.39 is 11.3 Å². The maximum Gasteiger partial charge on any atom is 0.250 e. The van der Waals surface area contributed by atoms with Crippen molar-refractivity contribution in [2.75, 3.05) is 38.2 Å². The Labute approximate surface area is 175 Å². The van der Waals surface area contributed by atoms with Gasteiger partial charge in [-0.15, -0.1) is 0 Å². The maximum atomic E-state index is 13.1. The third kappa shape index (κ3) is 2.58. The predicted molar refractivity (Wildman–Crippen MR) is 113 cm³/mol. The highest BCUT2D eigenvalue weighted by atomic mass is 16.3. The third-order valence-electron chi connectivity index (χ3n) is 7.18. The van der Waals surface area contributed by atoms with Gasteiger partial charge in [0.15, 0.2) is 0 Å². The van der Waals surface area contributed by atoms with Crippen LogP contribution in [0.5, 0.6) is 0 Å². The Morgan fingerprint density at radius 3 is 2.93 bits per heavy atom. The number of likely N-dealkylation sites (tertiary alicyclic amines) is 1. The number of aliphatic hydroxyl groups excluding tert-OH is 1. The Kier molecular flexibility index (Phi) is 4.32. The molecule has 5 rings (SSSR count). The highest BCUT2D eigenvalue weighted by Crippen LogP contribution is 2.48. The quantitative estimate of drug-likeness (QED) is 0.685. The molecule has 156 valence electrons. The maximum absolute atomic E-state index is 13.1. The molecular formula is C23H26N4O3. The molecule has 3 N–H and O–H groups in total. The van der Waals surface area contributed by atoms with Gasteiger partial charge in [-0.3, -0.25) is 9.59 Å². The molecule has 0 saturated carbocycles. The standard InChI is InChI=1S/C23H26N4O3/c1-26-11-15(12-28)23(22(26)30)7-4-8-27(13-23)21-19-16-6-3-2-5-14(16)9-17(19)18(10-25-21)20(24)29/h2-3,5-6,10,15,28H,4,7-9,11-13H2,1H3,(H2,24,29). The normalized spacial score (nSPS) is 25.0. The smallest absolute Gasteiger partial charge is 0.250 e. The van der Waals surface area contributed by atoms with Gasteiger partial charge in [0.25, 0.3) is 5.91 Å². The lowest BCUT2D eigenvalue weighted by Crippen LogP contribution is -2.51. The fraction of sp³-hybridized carbons (Fsp3) is 0.435. The topological polar surface area (TPSA) is 99.8 Å². The number of aliphatic hydroxyl groups is 1. The van der Waals surface area contributed by atoms with Gasteiger partial charge in [0.2, 0.25) is 5.91 Å². The number of carbonyl (C=O) groups excluding carboxylic acids is 2. The molecule has 2 aromatic rings. The van der Waals surface area contributed by atoms with Gasteiger partial charge in [0.1, 0.15) is 5.82 Å². The van der Waals surface area contributed by atoms with Crippen LogP contribution < -0.4 is 10.6 Å². The summed E-state index contributed by atoms with van der Waals surface area (Å²) in [5, 5.41) is 9.99. The molecular weight excluding hydrogens is 380 g/mol. The molecule has 1 spiro atoms. The molecule has 30 heavy (non-hydrogen) atoms. The van der Waals surface area contributed by atoms with E-state index in [1.807, 2.05) is 19.2 Å². The van der Waals surface area contributed by atoms with Crippen LogP contribution in [0.3, 0.4) is 0 Å². The van der Waals surface area contributed by atoms with Crippen molar-refractivity contribution in [1.82, 2.24) is 9.88 Å². The predicted octanol–water partition coefficient (Wildman–Crippen LogP) is 1.42. The fourth-order valence-electron chi connectivity index (χ4n) is 5.71. The lowest BCUT2D eigenvalue weighted by Gasteiger charge is -2.42. The first kappa shape index (κ1) is 19.1. The minimum atomic E-state index is -0.587. The zero-order valence-corrected chi connectivity index (χ0v) is 17.1. The SMILES string of the molecule is CN1CC(CO)C2(CCCN(c3ncc(C(N)=O)c4c3-c3ccccc3C4)C2)C1=O. The number of piperidine rings is 1. The van der Waals surface area contributed by atoms with E-state index in [1.165, 1.54) is 0 Å². The number of hydrogen-bond donors (Lipinski definition) is 2. The molecule has 0 radical (unpaired) electrons. The number of hydrogen-bond acceptors (Lipinski definition) is 5. The van der Waals surface area contributed by atoms with E-state index in [1.54, 1.807) is 11.1 Å². The Bertz CT molecular complexity index is 1050. The summed E-state index contributed by atoms with van der Waals surface area (Å²) in [6, 6.07) is 8.11. The number of rotatable bonds is 3. The average Bonchev–Trinajstić information content (AvgIpc) is 3.24. The van der Waals surface area contributed by atoms with Gasteiger partial charge in [-0.1, -0.05) is 24.3 Å². The van der Waals surface area contributed by atoms with Crippen LogP contribution in [0.4, 0.5) is 5.82 Å². The highest BCUT2D eigenvalue weighted by molar-refractivity contribution is 6.00. The molecule has 1 aromatic carbocycles. The second-order valence-corrected chi connectivity index (χ2v) is 8.79. The second-order valence-electron chi connectivity index (χ2n) is 8.79. The van der Waals surface area contributed by atoms with Crippen LogP contribution in [-0.4, -0.2) is 60.1 Å². The first-order chi connectivity index (χ1) is 14.5. The summed E-state index contributed by atoms with van der Waals surface area (Å²) < 4.78 is 0. The molecule has 7 heteroatoms. The van der Waals surface area contributed by atoms with E-state index in [2.05, 4.69) is 22.0 Å². The zero-order chi connectivity index (χ0) is 21.0. The monoisotopic (exact) mass is 406 g/mol. The average molecular weight is 406 g/mol. The van der Waals surface area contributed by atoms with Crippen LogP contribution in [0.2, 0.25) is 0 Å². The summed E-state index contributed by atoms with van der Waals surface area (Å²) in [6.07, 6.45) is 3.86. The molecule has 0 bridgehead atoms. The largest absolute Gasteiger partial charge is 0.396 e. The number of amides is 2. The summed E-state index contributed by atoms with van der Waals surface area (Å²) in [5.41, 5.74) is 9.62. The number of carbonyl (C=O) groups is 2. The molecule has 2 unspecified atom stereocenters. The first-order valence-corrected chi connectivity index (χ1v) is 10.5. The molecule has 1 aliphatic carbocycles. The lowest BCUT2D eigenvalue weighted by atomic mass is 9.71. The zero-order valence-electron chi connectivity index (χ0n) is 17.1. The molecule has 2 saturated heterocycles. The van der Waals surface area contributed by atoms with Crippen LogP contribution in [0.15, 0.2) is 30.5 Å². The van der Waals surface area contributed by atoms with Gasteiger partial charge in [0, 0.05) is 51.0 Å². The van der Waals surface area contributed by atoms with Crippen molar-refractivity contribution in [2.45, 2.75) is 19.3 Å². The number of primary amides is 1. The van der Waals surface area contributed by atoms with E-state index >= 15 is 0 Å². The van der Waals surface area contributed by atoms with Crippen LogP contribution in [0.25, 0.3) is 11.1 Å². The van der Waals surface area contributed by atoms with Crippen molar-refractivity contribution in [2.24, 2.45) is 17.1 Å².